The second-order valence-electron chi connectivity index (χ2n) is 5.21. The predicted octanol–water partition coefficient (Wildman–Crippen LogP) is 5.12. The normalized spacial score (nSPS) is 10.4. The van der Waals surface area contributed by atoms with Crippen LogP contribution >= 0.6 is 11.3 Å². The maximum atomic E-state index is 12.6. The van der Waals surface area contributed by atoms with Crippen LogP contribution in [-0.4, -0.2) is 17.5 Å². The van der Waals surface area contributed by atoms with Gasteiger partial charge in [0, 0.05) is 16.8 Å². The van der Waals surface area contributed by atoms with Crippen LogP contribution in [0.15, 0.2) is 72.6 Å². The van der Waals surface area contributed by atoms with E-state index in [1.165, 1.54) is 0 Å². The number of nitrogens with one attached hydrogen (secondary N) is 1. The maximum absolute atomic E-state index is 12.6. The molecule has 2 aromatic carbocycles. The van der Waals surface area contributed by atoms with E-state index in [-0.39, 0.29) is 6.03 Å². The molecule has 0 fully saturated rings. The van der Waals surface area contributed by atoms with Gasteiger partial charge in [-0.05, 0) is 22.9 Å². The van der Waals surface area contributed by atoms with Crippen LogP contribution < -0.4 is 5.32 Å². The molecule has 1 aromatic heterocycles. The highest BCUT2D eigenvalue weighted by Gasteiger charge is 2.14. The second kappa shape index (κ2) is 7.11. The maximum Gasteiger partial charge on any atom is 0.322 e. The molecular formula is C19H18N2OS. The van der Waals surface area contributed by atoms with E-state index in [1.807, 2.05) is 60.0 Å². The summed E-state index contributed by atoms with van der Waals surface area (Å²) < 4.78 is 0. The molecule has 1 N–H and O–H groups in total. The molecule has 0 saturated carbocycles. The molecule has 0 aliphatic carbocycles. The number of urea groups is 1. The Bertz CT molecular complexity index is 806. The molecule has 2 amide bonds. The number of nitrogens with zero attached hydrogens (tertiary/aromatic N) is 1. The van der Waals surface area contributed by atoms with Crippen molar-refractivity contribution in [2.24, 2.45) is 0 Å². The van der Waals surface area contributed by atoms with Gasteiger partial charge in [0.2, 0.25) is 0 Å². The van der Waals surface area contributed by atoms with E-state index in [4.69, 9.17) is 0 Å². The lowest BCUT2D eigenvalue weighted by Crippen LogP contribution is -2.34. The smallest absolute Gasteiger partial charge is 0.316 e. The lowest BCUT2D eigenvalue weighted by Gasteiger charge is -2.21. The van der Waals surface area contributed by atoms with Gasteiger partial charge in [0.25, 0.3) is 0 Å². The van der Waals surface area contributed by atoms with Crippen LogP contribution in [-0.2, 0) is 6.54 Å². The van der Waals surface area contributed by atoms with E-state index >= 15 is 0 Å². The van der Waals surface area contributed by atoms with Crippen molar-refractivity contribution < 1.29 is 4.79 Å². The molecule has 3 rings (SSSR count). The number of anilines is 1. The molecule has 1 heterocycles. The van der Waals surface area contributed by atoms with E-state index in [0.29, 0.717) is 13.1 Å². The van der Waals surface area contributed by atoms with Gasteiger partial charge < -0.3 is 10.2 Å². The van der Waals surface area contributed by atoms with Gasteiger partial charge in [0.05, 0.1) is 12.2 Å². The van der Waals surface area contributed by atoms with Gasteiger partial charge in [-0.2, -0.15) is 0 Å². The van der Waals surface area contributed by atoms with Gasteiger partial charge in [-0.15, -0.1) is 17.9 Å². The summed E-state index contributed by atoms with van der Waals surface area (Å²) in [5.74, 6) is 0. The number of thiophene rings is 1. The minimum absolute atomic E-state index is 0.116. The quantitative estimate of drug-likeness (QED) is 0.650. The van der Waals surface area contributed by atoms with Crippen LogP contribution in [0.2, 0.25) is 0 Å². The summed E-state index contributed by atoms with van der Waals surface area (Å²) >= 11 is 1.65. The number of carbonyl (C=O) groups is 1. The first kappa shape index (κ1) is 15.3. The largest absolute Gasteiger partial charge is 0.322 e. The zero-order valence-corrected chi connectivity index (χ0v) is 13.6. The van der Waals surface area contributed by atoms with Gasteiger partial charge >= 0.3 is 6.03 Å². The summed E-state index contributed by atoms with van der Waals surface area (Å²) in [6, 6.07) is 17.9. The Labute approximate surface area is 139 Å². The Kier molecular flexibility index (Phi) is 4.74. The Morgan fingerprint density at radius 3 is 2.74 bits per heavy atom. The molecule has 23 heavy (non-hydrogen) atoms. The molecule has 0 spiro atoms. The second-order valence-corrected chi connectivity index (χ2v) is 6.24. The standard InChI is InChI=1S/C19H18N2OS/c1-2-12-21(14-16-9-6-13-23-16)19(22)20-18-11-5-8-15-7-3-4-10-17(15)18/h2-11,13H,1,12,14H2,(H,20,22). The van der Waals surface area contributed by atoms with E-state index in [1.54, 1.807) is 22.3 Å². The summed E-state index contributed by atoms with van der Waals surface area (Å²) in [6.07, 6.45) is 1.75. The number of amides is 2. The Hall–Kier alpha value is -2.59. The van der Waals surface area contributed by atoms with Crippen LogP contribution in [0.3, 0.4) is 0 Å². The zero-order chi connectivity index (χ0) is 16.1. The third-order valence-corrected chi connectivity index (χ3v) is 4.46. The summed E-state index contributed by atoms with van der Waals surface area (Å²) in [6.45, 7) is 4.84. The van der Waals surface area contributed by atoms with Crippen molar-refractivity contribution in [2.75, 3.05) is 11.9 Å². The van der Waals surface area contributed by atoms with Crippen LogP contribution in [0, 0.1) is 0 Å². The highest BCUT2D eigenvalue weighted by molar-refractivity contribution is 7.09. The SMILES string of the molecule is C=CCN(Cc1cccs1)C(=O)Nc1cccc2ccccc12. The first-order chi connectivity index (χ1) is 11.3. The fraction of sp³-hybridized carbons (Fsp3) is 0.105. The summed E-state index contributed by atoms with van der Waals surface area (Å²) in [4.78, 5) is 15.5. The van der Waals surface area contributed by atoms with Crippen LogP contribution in [0.5, 0.6) is 0 Å². The van der Waals surface area contributed by atoms with Crippen LogP contribution in [0.1, 0.15) is 4.88 Å². The molecule has 4 heteroatoms. The molecule has 0 aliphatic heterocycles. The molecule has 3 aromatic rings. The van der Waals surface area contributed by atoms with Gasteiger partial charge in [0.15, 0.2) is 0 Å². The molecule has 0 radical (unpaired) electrons. The number of fused-ring (bicyclic) bond motifs is 1. The van der Waals surface area contributed by atoms with Crippen molar-refractivity contribution >= 4 is 33.8 Å². The van der Waals surface area contributed by atoms with E-state index in [9.17, 15) is 4.79 Å². The molecular weight excluding hydrogens is 304 g/mol. The predicted molar refractivity (Wildman–Crippen MR) is 97.9 cm³/mol. The molecule has 0 aliphatic rings. The third-order valence-electron chi connectivity index (χ3n) is 3.59. The summed E-state index contributed by atoms with van der Waals surface area (Å²) in [7, 11) is 0. The molecule has 0 unspecified atom stereocenters. The lowest BCUT2D eigenvalue weighted by molar-refractivity contribution is 0.215. The van der Waals surface area contributed by atoms with Crippen molar-refractivity contribution in [1.29, 1.82) is 0 Å². The number of hydrogen-bond donors (Lipinski definition) is 1. The zero-order valence-electron chi connectivity index (χ0n) is 12.7. The summed E-state index contributed by atoms with van der Waals surface area (Å²) in [5.41, 5.74) is 0.827. The Morgan fingerprint density at radius 1 is 1.13 bits per heavy atom. The van der Waals surface area contributed by atoms with E-state index in [0.717, 1.165) is 21.3 Å². The van der Waals surface area contributed by atoms with Crippen LogP contribution in [0.25, 0.3) is 10.8 Å². The number of benzene rings is 2. The van der Waals surface area contributed by atoms with Crippen molar-refractivity contribution in [2.45, 2.75) is 6.54 Å². The monoisotopic (exact) mass is 322 g/mol. The molecule has 3 nitrogen and oxygen atoms in total. The first-order valence-electron chi connectivity index (χ1n) is 7.45. The van der Waals surface area contributed by atoms with Crippen molar-refractivity contribution in [3.8, 4) is 0 Å². The molecule has 0 bridgehead atoms. The highest BCUT2D eigenvalue weighted by Crippen LogP contribution is 2.23. The molecule has 0 saturated heterocycles. The van der Waals surface area contributed by atoms with Gasteiger partial charge in [-0.1, -0.05) is 48.5 Å². The molecule has 0 atom stereocenters. The van der Waals surface area contributed by atoms with Crippen LogP contribution in [0.4, 0.5) is 10.5 Å². The van der Waals surface area contributed by atoms with Gasteiger partial charge in [0.1, 0.15) is 0 Å². The Morgan fingerprint density at radius 2 is 1.96 bits per heavy atom. The average Bonchev–Trinajstić information content (AvgIpc) is 3.08. The average molecular weight is 322 g/mol. The Balaban J connectivity index is 1.81. The minimum atomic E-state index is -0.116. The topological polar surface area (TPSA) is 32.3 Å². The molecule has 116 valence electrons. The highest BCUT2D eigenvalue weighted by atomic mass is 32.1. The minimum Gasteiger partial charge on any atom is -0.316 e. The lowest BCUT2D eigenvalue weighted by atomic mass is 10.1. The summed E-state index contributed by atoms with van der Waals surface area (Å²) in [5, 5.41) is 7.19. The number of rotatable bonds is 5. The number of hydrogen-bond acceptors (Lipinski definition) is 2. The first-order valence-corrected chi connectivity index (χ1v) is 8.33. The fourth-order valence-corrected chi connectivity index (χ4v) is 3.21. The van der Waals surface area contributed by atoms with Gasteiger partial charge in [-0.3, -0.25) is 0 Å². The fourth-order valence-electron chi connectivity index (χ4n) is 2.49. The van der Waals surface area contributed by atoms with Crippen molar-refractivity contribution in [1.82, 2.24) is 4.90 Å². The third kappa shape index (κ3) is 3.60. The van der Waals surface area contributed by atoms with Gasteiger partial charge in [-0.25, -0.2) is 4.79 Å². The van der Waals surface area contributed by atoms with Crippen molar-refractivity contribution in [3.63, 3.8) is 0 Å². The number of carbonyl (C=O) groups excluding carboxylic acids is 1. The van der Waals surface area contributed by atoms with Crippen molar-refractivity contribution in [3.05, 3.63) is 77.5 Å². The van der Waals surface area contributed by atoms with E-state index in [2.05, 4.69) is 11.9 Å². The van der Waals surface area contributed by atoms with E-state index < -0.39 is 0 Å².